The average Bonchev–Trinajstić information content (AvgIpc) is 2.40. The molecule has 0 bridgehead atoms. The van der Waals surface area contributed by atoms with Crippen LogP contribution in [-0.4, -0.2) is 25.6 Å². The molecule has 2 N–H and O–H groups in total. The number of carbonyl (C=O) groups is 1. The minimum Gasteiger partial charge on any atom is -0.322 e. The molecule has 0 spiro atoms. The fourth-order valence-electron chi connectivity index (χ4n) is 1.59. The van der Waals surface area contributed by atoms with Crippen molar-refractivity contribution in [2.75, 3.05) is 16.3 Å². The number of carbonyl (C=O) groups excluding carboxylic acids is 1. The molecule has 0 atom stereocenters. The zero-order valence-corrected chi connectivity index (χ0v) is 13.4. The summed E-state index contributed by atoms with van der Waals surface area (Å²) in [5.41, 5.74) is 1.39. The maximum atomic E-state index is 12.1. The Morgan fingerprint density at radius 3 is 2.33 bits per heavy atom. The Hall–Kier alpha value is -1.93. The summed E-state index contributed by atoms with van der Waals surface area (Å²) < 4.78 is 25.0. The first-order chi connectivity index (χ1) is 9.85. The Balaban J connectivity index is 2.10. The number of rotatable bonds is 4. The summed E-state index contributed by atoms with van der Waals surface area (Å²) in [6.45, 7) is 0. The van der Waals surface area contributed by atoms with Gasteiger partial charge >= 0.3 is 0 Å². The monoisotopic (exact) mass is 369 g/mol. The first-order valence-electron chi connectivity index (χ1n) is 5.85. The molecule has 0 aliphatic rings. The van der Waals surface area contributed by atoms with Crippen molar-refractivity contribution in [2.24, 2.45) is 0 Å². The van der Waals surface area contributed by atoms with E-state index in [0.717, 1.165) is 6.26 Å². The first kappa shape index (κ1) is 15.5. The maximum Gasteiger partial charge on any atom is 0.258 e. The third kappa shape index (κ3) is 4.54. The summed E-state index contributed by atoms with van der Waals surface area (Å²) in [7, 11) is -3.31. The van der Waals surface area contributed by atoms with Crippen LogP contribution >= 0.6 is 15.9 Å². The normalized spacial score (nSPS) is 11.0. The van der Waals surface area contributed by atoms with Crippen LogP contribution in [0.1, 0.15) is 10.4 Å². The number of pyridine rings is 1. The highest BCUT2D eigenvalue weighted by Gasteiger charge is 2.10. The third-order valence-electron chi connectivity index (χ3n) is 2.45. The van der Waals surface area contributed by atoms with E-state index in [-0.39, 0.29) is 5.91 Å². The van der Waals surface area contributed by atoms with Gasteiger partial charge in [-0.25, -0.2) is 13.4 Å². The van der Waals surface area contributed by atoms with E-state index < -0.39 is 10.0 Å². The van der Waals surface area contributed by atoms with Crippen LogP contribution in [-0.2, 0) is 10.0 Å². The summed E-state index contributed by atoms with van der Waals surface area (Å²) in [4.78, 5) is 16.0. The highest BCUT2D eigenvalue weighted by Crippen LogP contribution is 2.17. The van der Waals surface area contributed by atoms with E-state index in [1.807, 2.05) is 0 Å². The molecule has 0 unspecified atom stereocenters. The lowest BCUT2D eigenvalue weighted by atomic mass is 10.2. The SMILES string of the molecule is CS(=O)(=O)Nc1ccc(NC(=O)c2cccnc2Br)cc1. The molecule has 1 aromatic carbocycles. The van der Waals surface area contributed by atoms with Crippen molar-refractivity contribution < 1.29 is 13.2 Å². The molecule has 8 heteroatoms. The highest BCUT2D eigenvalue weighted by molar-refractivity contribution is 9.10. The summed E-state index contributed by atoms with van der Waals surface area (Å²) in [5.74, 6) is -0.307. The van der Waals surface area contributed by atoms with Gasteiger partial charge in [0.1, 0.15) is 4.60 Å². The van der Waals surface area contributed by atoms with Gasteiger partial charge in [0.2, 0.25) is 10.0 Å². The Kier molecular flexibility index (Phi) is 4.59. The molecule has 110 valence electrons. The van der Waals surface area contributed by atoms with Gasteiger partial charge in [-0.2, -0.15) is 0 Å². The zero-order valence-electron chi connectivity index (χ0n) is 11.0. The fraction of sp³-hybridized carbons (Fsp3) is 0.0769. The van der Waals surface area contributed by atoms with Gasteiger partial charge in [0.25, 0.3) is 5.91 Å². The van der Waals surface area contributed by atoms with Crippen molar-refractivity contribution in [3.8, 4) is 0 Å². The fourth-order valence-corrected chi connectivity index (χ4v) is 2.58. The number of nitrogens with one attached hydrogen (secondary N) is 2. The molecule has 0 radical (unpaired) electrons. The zero-order chi connectivity index (χ0) is 15.5. The Morgan fingerprint density at radius 1 is 1.14 bits per heavy atom. The van der Waals surface area contributed by atoms with Gasteiger partial charge in [0.15, 0.2) is 0 Å². The first-order valence-corrected chi connectivity index (χ1v) is 8.53. The standard InChI is InChI=1S/C13H12BrN3O3S/c1-21(19,20)17-10-6-4-9(5-7-10)16-13(18)11-3-2-8-15-12(11)14/h2-8,17H,1H3,(H,16,18). The van der Waals surface area contributed by atoms with Crippen LogP contribution in [0.5, 0.6) is 0 Å². The molecule has 1 amide bonds. The van der Waals surface area contributed by atoms with E-state index in [1.54, 1.807) is 42.6 Å². The molecule has 0 aliphatic carbocycles. The summed E-state index contributed by atoms with van der Waals surface area (Å²) in [6, 6.07) is 9.65. The van der Waals surface area contributed by atoms with E-state index >= 15 is 0 Å². The molecule has 21 heavy (non-hydrogen) atoms. The van der Waals surface area contributed by atoms with Crippen molar-refractivity contribution >= 4 is 43.2 Å². The Labute approximate surface area is 130 Å². The molecule has 2 rings (SSSR count). The summed E-state index contributed by atoms with van der Waals surface area (Å²) in [5, 5.41) is 2.70. The van der Waals surface area contributed by atoms with Gasteiger partial charge in [-0.05, 0) is 52.3 Å². The second kappa shape index (κ2) is 6.23. The predicted molar refractivity (Wildman–Crippen MR) is 84.8 cm³/mol. The quantitative estimate of drug-likeness (QED) is 0.810. The van der Waals surface area contributed by atoms with Crippen LogP contribution in [0.15, 0.2) is 47.2 Å². The molecule has 0 aliphatic heterocycles. The van der Waals surface area contributed by atoms with Gasteiger partial charge in [-0.15, -0.1) is 0 Å². The smallest absolute Gasteiger partial charge is 0.258 e. The van der Waals surface area contributed by atoms with E-state index in [1.165, 1.54) is 0 Å². The molecule has 1 aromatic heterocycles. The van der Waals surface area contributed by atoms with Crippen LogP contribution in [0.4, 0.5) is 11.4 Å². The Bertz CT molecular complexity index is 760. The number of halogens is 1. The molecule has 1 heterocycles. The van der Waals surface area contributed by atoms with Crippen LogP contribution in [0.3, 0.4) is 0 Å². The number of hydrogen-bond donors (Lipinski definition) is 2. The van der Waals surface area contributed by atoms with Crippen molar-refractivity contribution in [2.45, 2.75) is 0 Å². The van der Waals surface area contributed by atoms with Crippen molar-refractivity contribution in [1.29, 1.82) is 0 Å². The van der Waals surface area contributed by atoms with Gasteiger partial charge < -0.3 is 5.32 Å². The largest absolute Gasteiger partial charge is 0.322 e. The molecule has 0 saturated carbocycles. The van der Waals surface area contributed by atoms with Gasteiger partial charge in [-0.1, -0.05) is 0 Å². The second-order valence-corrected chi connectivity index (χ2v) is 6.75. The third-order valence-corrected chi connectivity index (χ3v) is 3.69. The van der Waals surface area contributed by atoms with Crippen LogP contribution in [0, 0.1) is 0 Å². The van der Waals surface area contributed by atoms with Crippen molar-refractivity contribution in [1.82, 2.24) is 4.98 Å². The van der Waals surface area contributed by atoms with Gasteiger partial charge in [0.05, 0.1) is 11.8 Å². The number of nitrogens with zero attached hydrogens (tertiary/aromatic N) is 1. The van der Waals surface area contributed by atoms with E-state index in [9.17, 15) is 13.2 Å². The summed E-state index contributed by atoms with van der Waals surface area (Å²) >= 11 is 3.21. The minimum atomic E-state index is -3.31. The van der Waals surface area contributed by atoms with Crippen LogP contribution in [0.25, 0.3) is 0 Å². The minimum absolute atomic E-state index is 0.307. The van der Waals surface area contributed by atoms with Crippen LogP contribution < -0.4 is 10.0 Å². The van der Waals surface area contributed by atoms with Gasteiger partial charge in [-0.3, -0.25) is 9.52 Å². The molecular weight excluding hydrogens is 358 g/mol. The molecule has 0 fully saturated rings. The predicted octanol–water partition coefficient (Wildman–Crippen LogP) is 2.47. The lowest BCUT2D eigenvalue weighted by Crippen LogP contribution is -2.13. The lowest BCUT2D eigenvalue weighted by Gasteiger charge is -2.08. The van der Waals surface area contributed by atoms with E-state index in [2.05, 4.69) is 31.0 Å². The molecule has 2 aromatic rings. The lowest BCUT2D eigenvalue weighted by molar-refractivity contribution is 0.102. The number of hydrogen-bond acceptors (Lipinski definition) is 4. The molecular formula is C13H12BrN3O3S. The van der Waals surface area contributed by atoms with Gasteiger partial charge in [0, 0.05) is 17.6 Å². The van der Waals surface area contributed by atoms with Crippen molar-refractivity contribution in [3.05, 3.63) is 52.8 Å². The van der Waals surface area contributed by atoms with E-state index in [4.69, 9.17) is 0 Å². The molecule has 0 saturated heterocycles. The molecule has 6 nitrogen and oxygen atoms in total. The maximum absolute atomic E-state index is 12.1. The second-order valence-electron chi connectivity index (χ2n) is 4.25. The highest BCUT2D eigenvalue weighted by atomic mass is 79.9. The average molecular weight is 370 g/mol. The van der Waals surface area contributed by atoms with E-state index in [0.29, 0.717) is 21.5 Å². The number of benzene rings is 1. The van der Waals surface area contributed by atoms with Crippen molar-refractivity contribution in [3.63, 3.8) is 0 Å². The number of amides is 1. The topological polar surface area (TPSA) is 88.2 Å². The number of aromatic nitrogens is 1. The number of anilines is 2. The number of sulfonamides is 1. The Morgan fingerprint density at radius 2 is 1.76 bits per heavy atom. The van der Waals surface area contributed by atoms with Crippen LogP contribution in [0.2, 0.25) is 0 Å². The summed E-state index contributed by atoms with van der Waals surface area (Å²) in [6.07, 6.45) is 2.65.